The van der Waals surface area contributed by atoms with Gasteiger partial charge in [0.1, 0.15) is 5.75 Å². The number of carbonyl (C=O) groups is 2. The van der Waals surface area contributed by atoms with Gasteiger partial charge in [0.2, 0.25) is 0 Å². The molecule has 0 aliphatic rings. The summed E-state index contributed by atoms with van der Waals surface area (Å²) in [6.07, 6.45) is -1.30. The van der Waals surface area contributed by atoms with Crippen LogP contribution in [0.4, 0.5) is 4.79 Å². The fraction of sp³-hybridized carbons (Fsp3) is 0.333. The Bertz CT molecular complexity index is 422. The molecule has 91 valence electrons. The highest BCUT2D eigenvalue weighted by molar-refractivity contribution is 5.91. The minimum atomic E-state index is -1.30. The first-order chi connectivity index (χ1) is 7.93. The molecule has 0 saturated heterocycles. The van der Waals surface area contributed by atoms with Gasteiger partial charge in [-0.25, -0.2) is 9.69 Å². The predicted molar refractivity (Wildman–Crippen MR) is 61.0 cm³/mol. The van der Waals surface area contributed by atoms with E-state index in [4.69, 9.17) is 9.84 Å². The molecule has 0 aliphatic heterocycles. The summed E-state index contributed by atoms with van der Waals surface area (Å²) in [5, 5.41) is 8.60. The fourth-order valence-corrected chi connectivity index (χ4v) is 1.30. The molecule has 17 heavy (non-hydrogen) atoms. The number of likely N-dealkylation sites (N-methyl/N-ethyl adjacent to an activating group) is 1. The molecule has 0 heterocycles. The lowest BCUT2D eigenvalue weighted by atomic mass is 10.1. The zero-order chi connectivity index (χ0) is 13.0. The highest BCUT2D eigenvalue weighted by atomic mass is 16.5. The first-order valence-corrected chi connectivity index (χ1v) is 5.03. The van der Waals surface area contributed by atoms with E-state index in [-0.39, 0.29) is 6.61 Å². The van der Waals surface area contributed by atoms with E-state index < -0.39 is 12.0 Å². The number of carboxylic acid groups (broad SMARTS) is 1. The summed E-state index contributed by atoms with van der Waals surface area (Å²) in [7, 11) is 1.19. The summed E-state index contributed by atoms with van der Waals surface area (Å²) >= 11 is 0. The predicted octanol–water partition coefficient (Wildman–Crippen LogP) is 1.62. The molecule has 1 N–H and O–H groups in total. The quantitative estimate of drug-likeness (QED) is 0.865. The van der Waals surface area contributed by atoms with Crippen molar-refractivity contribution in [1.29, 1.82) is 0 Å². The van der Waals surface area contributed by atoms with Crippen molar-refractivity contribution in [2.75, 3.05) is 13.7 Å². The molecule has 2 amide bonds. The van der Waals surface area contributed by atoms with E-state index in [1.54, 1.807) is 12.1 Å². The van der Waals surface area contributed by atoms with E-state index in [2.05, 4.69) is 6.07 Å². The molecular weight excluding hydrogens is 222 g/mol. The summed E-state index contributed by atoms with van der Waals surface area (Å²) in [6.45, 7) is 3.38. The van der Waals surface area contributed by atoms with Gasteiger partial charge in [-0.2, -0.15) is 0 Å². The third-order valence-electron chi connectivity index (χ3n) is 2.32. The van der Waals surface area contributed by atoms with Gasteiger partial charge in [0.25, 0.3) is 5.91 Å². The van der Waals surface area contributed by atoms with Gasteiger partial charge in [0, 0.05) is 7.05 Å². The van der Waals surface area contributed by atoms with Crippen LogP contribution in [0.1, 0.15) is 11.1 Å². The van der Waals surface area contributed by atoms with Crippen molar-refractivity contribution in [3.63, 3.8) is 0 Å². The molecule has 0 unspecified atom stereocenters. The molecule has 1 rings (SSSR count). The van der Waals surface area contributed by atoms with Crippen LogP contribution in [0.25, 0.3) is 0 Å². The van der Waals surface area contributed by atoms with Crippen LogP contribution in [0.15, 0.2) is 12.1 Å². The van der Waals surface area contributed by atoms with Gasteiger partial charge in [-0.1, -0.05) is 0 Å². The molecule has 5 heteroatoms. The van der Waals surface area contributed by atoms with E-state index in [9.17, 15) is 9.59 Å². The van der Waals surface area contributed by atoms with Crippen molar-refractivity contribution in [1.82, 2.24) is 4.90 Å². The number of benzene rings is 1. The average molecular weight is 236 g/mol. The number of amides is 2. The molecule has 0 bridgehead atoms. The molecule has 1 aromatic rings. The van der Waals surface area contributed by atoms with E-state index in [1.165, 1.54) is 7.05 Å². The Balaban J connectivity index is 2.68. The van der Waals surface area contributed by atoms with Crippen LogP contribution in [0, 0.1) is 19.9 Å². The first-order valence-electron chi connectivity index (χ1n) is 5.03. The van der Waals surface area contributed by atoms with Gasteiger partial charge in [0.05, 0.1) is 0 Å². The van der Waals surface area contributed by atoms with Gasteiger partial charge >= 0.3 is 6.09 Å². The maximum absolute atomic E-state index is 11.4. The Hall–Kier alpha value is -2.04. The van der Waals surface area contributed by atoms with Gasteiger partial charge in [-0.15, -0.1) is 0 Å². The second-order valence-corrected chi connectivity index (χ2v) is 3.67. The van der Waals surface area contributed by atoms with Crippen LogP contribution in [0.5, 0.6) is 5.75 Å². The molecule has 1 aromatic carbocycles. The number of hydrogen-bond acceptors (Lipinski definition) is 3. The zero-order valence-corrected chi connectivity index (χ0v) is 9.98. The topological polar surface area (TPSA) is 66.8 Å². The Morgan fingerprint density at radius 3 is 2.35 bits per heavy atom. The van der Waals surface area contributed by atoms with E-state index in [0.29, 0.717) is 10.6 Å². The SMILES string of the molecule is Cc1c[c]cc(C)c1OCC(=O)N(C)C(=O)O. The highest BCUT2D eigenvalue weighted by Gasteiger charge is 2.16. The Labute approximate surface area is 99.6 Å². The van der Waals surface area contributed by atoms with Gasteiger partial charge in [-0.05, 0) is 43.2 Å². The van der Waals surface area contributed by atoms with Crippen molar-refractivity contribution >= 4 is 12.0 Å². The molecule has 0 fully saturated rings. The van der Waals surface area contributed by atoms with Crippen molar-refractivity contribution in [3.05, 3.63) is 29.3 Å². The van der Waals surface area contributed by atoms with Crippen LogP contribution < -0.4 is 4.74 Å². The molecule has 1 radical (unpaired) electrons. The van der Waals surface area contributed by atoms with Gasteiger partial charge in [0.15, 0.2) is 6.61 Å². The summed E-state index contributed by atoms with van der Waals surface area (Å²) in [5.74, 6) is -0.0139. The number of imide groups is 1. The molecule has 0 saturated carbocycles. The van der Waals surface area contributed by atoms with Crippen LogP contribution >= 0.6 is 0 Å². The molecule has 0 aliphatic carbocycles. The molecular formula is C12H14NO4. The van der Waals surface area contributed by atoms with Crippen LogP contribution in [0.2, 0.25) is 0 Å². The lowest BCUT2D eigenvalue weighted by Crippen LogP contribution is -2.35. The van der Waals surface area contributed by atoms with Crippen molar-refractivity contribution in [2.24, 2.45) is 0 Å². The van der Waals surface area contributed by atoms with E-state index >= 15 is 0 Å². The average Bonchev–Trinajstić information content (AvgIpc) is 2.26. The van der Waals surface area contributed by atoms with Crippen molar-refractivity contribution in [3.8, 4) is 5.75 Å². The minimum Gasteiger partial charge on any atom is -0.483 e. The Kier molecular flexibility index (Phi) is 4.09. The third-order valence-corrected chi connectivity index (χ3v) is 2.32. The number of nitrogens with zero attached hydrogens (tertiary/aromatic N) is 1. The van der Waals surface area contributed by atoms with E-state index in [1.807, 2.05) is 13.8 Å². The fourth-order valence-electron chi connectivity index (χ4n) is 1.30. The number of ether oxygens (including phenoxy) is 1. The summed E-state index contributed by atoms with van der Waals surface area (Å²) in [5.41, 5.74) is 1.71. The zero-order valence-electron chi connectivity index (χ0n) is 9.98. The standard InChI is InChI=1S/C12H14NO4/c1-8-5-4-6-9(2)11(8)17-7-10(14)13(3)12(15)16/h5-6H,7H2,1-3H3,(H,15,16). The molecule has 0 aromatic heterocycles. The van der Waals surface area contributed by atoms with Crippen molar-refractivity contribution < 1.29 is 19.4 Å². The van der Waals surface area contributed by atoms with Gasteiger partial charge in [-0.3, -0.25) is 4.79 Å². The smallest absolute Gasteiger partial charge is 0.413 e. The highest BCUT2D eigenvalue weighted by Crippen LogP contribution is 2.21. The minimum absolute atomic E-state index is 0.297. The largest absolute Gasteiger partial charge is 0.483 e. The maximum Gasteiger partial charge on any atom is 0.413 e. The van der Waals surface area contributed by atoms with Gasteiger partial charge < -0.3 is 9.84 Å². The summed E-state index contributed by atoms with van der Waals surface area (Å²) in [4.78, 5) is 22.5. The number of rotatable bonds is 3. The van der Waals surface area contributed by atoms with Crippen LogP contribution in [-0.2, 0) is 4.79 Å². The lowest BCUT2D eigenvalue weighted by molar-refractivity contribution is -0.130. The summed E-state index contributed by atoms with van der Waals surface area (Å²) < 4.78 is 5.33. The normalized spacial score (nSPS) is 9.82. The third kappa shape index (κ3) is 3.21. The molecule has 5 nitrogen and oxygen atoms in total. The Morgan fingerprint density at radius 1 is 1.35 bits per heavy atom. The van der Waals surface area contributed by atoms with Crippen molar-refractivity contribution in [2.45, 2.75) is 13.8 Å². The lowest BCUT2D eigenvalue weighted by Gasteiger charge is -2.14. The maximum atomic E-state index is 11.4. The summed E-state index contributed by atoms with van der Waals surface area (Å²) in [6, 6.07) is 6.42. The second kappa shape index (κ2) is 5.34. The van der Waals surface area contributed by atoms with E-state index in [0.717, 1.165) is 11.1 Å². The van der Waals surface area contributed by atoms with Crippen LogP contribution in [0.3, 0.4) is 0 Å². The number of carbonyl (C=O) groups excluding carboxylic acids is 1. The molecule has 0 spiro atoms. The second-order valence-electron chi connectivity index (χ2n) is 3.67. The number of hydrogen-bond donors (Lipinski definition) is 1. The number of aryl methyl sites for hydroxylation is 2. The first kappa shape index (κ1) is 13.0. The van der Waals surface area contributed by atoms with Crippen LogP contribution in [-0.4, -0.2) is 35.7 Å². The molecule has 0 atom stereocenters. The Morgan fingerprint density at radius 2 is 1.88 bits per heavy atom. The monoisotopic (exact) mass is 236 g/mol.